The first-order chi connectivity index (χ1) is 8.37. The summed E-state index contributed by atoms with van der Waals surface area (Å²) in [6.07, 6.45) is 1.57. The molecule has 1 aromatic rings. The molecule has 0 bridgehead atoms. The molecule has 1 N–H and O–H groups in total. The Kier molecular flexibility index (Phi) is 5.52. The largest absolute Gasteiger partial charge is 0.310 e. The summed E-state index contributed by atoms with van der Waals surface area (Å²) in [5.74, 6) is 0. The minimum Gasteiger partial charge on any atom is -0.310 e. The normalized spacial score (nSPS) is 12.3. The summed E-state index contributed by atoms with van der Waals surface area (Å²) in [4.78, 5) is 1.38. The van der Waals surface area contributed by atoms with Crippen LogP contribution in [0.15, 0.2) is 29.0 Å². The average molecular weight is 288 g/mol. The Morgan fingerprint density at radius 2 is 2.22 bits per heavy atom. The van der Waals surface area contributed by atoms with E-state index in [-0.39, 0.29) is 0 Å². The lowest BCUT2D eigenvalue weighted by atomic mass is 10.4. The van der Waals surface area contributed by atoms with Gasteiger partial charge in [-0.25, -0.2) is 8.42 Å². The predicted molar refractivity (Wildman–Crippen MR) is 76.3 cm³/mol. The van der Waals surface area contributed by atoms with Crippen molar-refractivity contribution in [1.29, 1.82) is 0 Å². The predicted octanol–water partition coefficient (Wildman–Crippen LogP) is 2.05. The fraction of sp³-hybridized carbons (Fsp3) is 0.500. The van der Waals surface area contributed by atoms with Crippen molar-refractivity contribution in [2.45, 2.75) is 31.3 Å². The van der Waals surface area contributed by atoms with Crippen molar-refractivity contribution in [3.8, 4) is 0 Å². The third-order valence-corrected chi connectivity index (χ3v) is 5.30. The third-order valence-electron chi connectivity index (χ3n) is 2.41. The van der Waals surface area contributed by atoms with Crippen molar-refractivity contribution in [1.82, 2.24) is 9.62 Å². The molecular weight excluding hydrogens is 268 g/mol. The van der Waals surface area contributed by atoms with Crippen LogP contribution < -0.4 is 5.32 Å². The van der Waals surface area contributed by atoms with Crippen LogP contribution in [0.4, 0.5) is 0 Å². The van der Waals surface area contributed by atoms with Gasteiger partial charge in [0.15, 0.2) is 0 Å². The van der Waals surface area contributed by atoms with Crippen LogP contribution in [0.5, 0.6) is 0 Å². The Bertz CT molecular complexity index is 492. The number of likely N-dealkylation sites (N-methyl/N-ethyl adjacent to an activating group) is 1. The first kappa shape index (κ1) is 15.4. The van der Waals surface area contributed by atoms with Crippen LogP contribution in [0.25, 0.3) is 0 Å². The van der Waals surface area contributed by atoms with E-state index < -0.39 is 10.0 Å². The van der Waals surface area contributed by atoms with Crippen molar-refractivity contribution in [3.05, 3.63) is 29.0 Å². The second-order valence-corrected chi connectivity index (χ2v) is 7.40. The van der Waals surface area contributed by atoms with Crippen LogP contribution >= 0.6 is 11.3 Å². The number of rotatable bonds is 7. The second kappa shape index (κ2) is 6.47. The van der Waals surface area contributed by atoms with Gasteiger partial charge in [-0.1, -0.05) is 19.9 Å². The molecule has 6 heteroatoms. The summed E-state index contributed by atoms with van der Waals surface area (Å²) in [5.41, 5.74) is 0. The smallest absolute Gasteiger partial charge is 0.243 e. The second-order valence-electron chi connectivity index (χ2n) is 4.36. The highest BCUT2D eigenvalue weighted by Gasteiger charge is 2.21. The van der Waals surface area contributed by atoms with E-state index in [0.717, 1.165) is 4.88 Å². The Morgan fingerprint density at radius 3 is 2.78 bits per heavy atom. The lowest BCUT2D eigenvalue weighted by Crippen LogP contribution is -2.26. The van der Waals surface area contributed by atoms with Crippen molar-refractivity contribution >= 4 is 21.4 Å². The third kappa shape index (κ3) is 3.91. The topological polar surface area (TPSA) is 49.4 Å². The molecule has 0 spiro atoms. The molecule has 0 atom stereocenters. The summed E-state index contributed by atoms with van der Waals surface area (Å²) in [5, 5.41) is 4.95. The zero-order chi connectivity index (χ0) is 13.8. The maximum Gasteiger partial charge on any atom is 0.243 e. The molecule has 18 heavy (non-hydrogen) atoms. The number of thiophene rings is 1. The lowest BCUT2D eigenvalue weighted by molar-refractivity contribution is 0.499. The minimum absolute atomic E-state index is 0.317. The highest BCUT2D eigenvalue weighted by Crippen LogP contribution is 2.22. The first-order valence-electron chi connectivity index (χ1n) is 5.76. The standard InChI is InChI=1S/C12H20N2O2S2/c1-5-6-14(4)18(15,16)12-7-11(17-9-12)8-13-10(2)3/h5,7,9-10,13H,1,6,8H2,2-4H3. The van der Waals surface area contributed by atoms with Crippen LogP contribution in [0.2, 0.25) is 0 Å². The maximum absolute atomic E-state index is 12.1. The molecule has 0 unspecified atom stereocenters. The summed E-state index contributed by atoms with van der Waals surface area (Å²) in [6, 6.07) is 2.12. The van der Waals surface area contributed by atoms with Gasteiger partial charge in [-0.15, -0.1) is 17.9 Å². The summed E-state index contributed by atoms with van der Waals surface area (Å²) in [6.45, 7) is 8.68. The Morgan fingerprint density at radius 1 is 1.56 bits per heavy atom. The van der Waals surface area contributed by atoms with Crippen molar-refractivity contribution < 1.29 is 8.42 Å². The van der Waals surface area contributed by atoms with Crippen LogP contribution in [0.3, 0.4) is 0 Å². The van der Waals surface area contributed by atoms with Gasteiger partial charge in [0.2, 0.25) is 10.0 Å². The molecule has 0 fully saturated rings. The maximum atomic E-state index is 12.1. The zero-order valence-corrected chi connectivity index (χ0v) is 12.6. The Balaban J connectivity index is 2.81. The fourth-order valence-electron chi connectivity index (χ4n) is 1.35. The zero-order valence-electron chi connectivity index (χ0n) is 11.0. The average Bonchev–Trinajstić information content (AvgIpc) is 2.75. The first-order valence-corrected chi connectivity index (χ1v) is 8.08. The molecule has 0 saturated carbocycles. The van der Waals surface area contributed by atoms with E-state index in [1.165, 1.54) is 15.6 Å². The highest BCUT2D eigenvalue weighted by molar-refractivity contribution is 7.89. The minimum atomic E-state index is -3.37. The molecular formula is C12H20N2O2S2. The van der Waals surface area contributed by atoms with Crippen LogP contribution in [0.1, 0.15) is 18.7 Å². The molecule has 1 aromatic heterocycles. The molecule has 1 rings (SSSR count). The molecule has 0 aliphatic rings. The quantitative estimate of drug-likeness (QED) is 0.781. The summed E-state index contributed by atoms with van der Waals surface area (Å²) >= 11 is 1.46. The van der Waals surface area contributed by atoms with Crippen LogP contribution in [0, 0.1) is 0 Å². The summed E-state index contributed by atoms with van der Waals surface area (Å²) in [7, 11) is -1.82. The Labute approximate surface area is 113 Å². The van der Waals surface area contributed by atoms with E-state index in [1.54, 1.807) is 24.6 Å². The van der Waals surface area contributed by atoms with Gasteiger partial charge in [0.25, 0.3) is 0 Å². The van der Waals surface area contributed by atoms with Gasteiger partial charge in [0.1, 0.15) is 0 Å². The van der Waals surface area contributed by atoms with E-state index >= 15 is 0 Å². The van der Waals surface area contributed by atoms with Crippen LogP contribution in [-0.2, 0) is 16.6 Å². The van der Waals surface area contributed by atoms with Crippen molar-refractivity contribution in [3.63, 3.8) is 0 Å². The monoisotopic (exact) mass is 288 g/mol. The molecule has 0 aromatic carbocycles. The van der Waals surface area contributed by atoms with Gasteiger partial charge < -0.3 is 5.32 Å². The molecule has 0 amide bonds. The molecule has 0 radical (unpaired) electrons. The van der Waals surface area contributed by atoms with Gasteiger partial charge in [-0.2, -0.15) is 4.31 Å². The van der Waals surface area contributed by atoms with Gasteiger partial charge in [-0.3, -0.25) is 0 Å². The number of hydrogen-bond acceptors (Lipinski definition) is 4. The molecule has 0 saturated heterocycles. The number of sulfonamides is 1. The Hall–Kier alpha value is -0.690. The van der Waals surface area contributed by atoms with Gasteiger partial charge in [-0.05, 0) is 6.07 Å². The lowest BCUT2D eigenvalue weighted by Gasteiger charge is -2.13. The molecule has 1 heterocycles. The van der Waals surface area contributed by atoms with Crippen molar-refractivity contribution in [2.24, 2.45) is 0 Å². The van der Waals surface area contributed by atoms with E-state index in [2.05, 4.69) is 25.7 Å². The SMILES string of the molecule is C=CCN(C)S(=O)(=O)c1csc(CNC(C)C)c1. The number of nitrogens with one attached hydrogen (secondary N) is 1. The van der Waals surface area contributed by atoms with E-state index in [1.807, 2.05) is 0 Å². The van der Waals surface area contributed by atoms with Gasteiger partial charge >= 0.3 is 0 Å². The number of hydrogen-bond donors (Lipinski definition) is 1. The van der Waals surface area contributed by atoms with E-state index in [9.17, 15) is 8.42 Å². The van der Waals surface area contributed by atoms with Crippen molar-refractivity contribution in [2.75, 3.05) is 13.6 Å². The summed E-state index contributed by atoms with van der Waals surface area (Å²) < 4.78 is 25.6. The molecule has 0 aliphatic heterocycles. The fourth-order valence-corrected chi connectivity index (χ4v) is 3.71. The highest BCUT2D eigenvalue weighted by atomic mass is 32.2. The molecule has 0 aliphatic carbocycles. The van der Waals surface area contributed by atoms with Crippen LogP contribution in [-0.4, -0.2) is 32.4 Å². The number of nitrogens with zero attached hydrogens (tertiary/aromatic N) is 1. The van der Waals surface area contributed by atoms with Gasteiger partial charge in [0.05, 0.1) is 4.90 Å². The van der Waals surface area contributed by atoms with E-state index in [4.69, 9.17) is 0 Å². The van der Waals surface area contributed by atoms with E-state index in [0.29, 0.717) is 24.0 Å². The van der Waals surface area contributed by atoms with Gasteiger partial charge in [0, 0.05) is 36.4 Å². The molecule has 4 nitrogen and oxygen atoms in total. The molecule has 102 valence electrons.